The molecule has 0 radical (unpaired) electrons. The lowest BCUT2D eigenvalue weighted by atomic mass is 10.1. The third-order valence-electron chi connectivity index (χ3n) is 4.85. The van der Waals surface area contributed by atoms with Crippen molar-refractivity contribution in [3.63, 3.8) is 0 Å². The first-order valence-corrected chi connectivity index (χ1v) is 9.89. The van der Waals surface area contributed by atoms with Gasteiger partial charge in [0, 0.05) is 22.1 Å². The van der Waals surface area contributed by atoms with Gasteiger partial charge in [-0.05, 0) is 30.7 Å². The number of hydrogen-bond donors (Lipinski definition) is 3. The molecule has 3 N–H and O–H groups in total. The lowest BCUT2D eigenvalue weighted by Gasteiger charge is -2.17. The van der Waals surface area contributed by atoms with E-state index in [1.807, 2.05) is 12.1 Å². The minimum Gasteiger partial charge on any atom is -0.312 e. The maximum Gasteiger partial charge on any atom is 0.290 e. The number of rotatable bonds is 3. The fourth-order valence-corrected chi connectivity index (χ4v) is 3.76. The van der Waals surface area contributed by atoms with Crippen LogP contribution in [-0.4, -0.2) is 34.5 Å². The van der Waals surface area contributed by atoms with Gasteiger partial charge in [0.25, 0.3) is 17.4 Å². The summed E-state index contributed by atoms with van der Waals surface area (Å²) < 4.78 is 0.827. The molecule has 0 aliphatic carbocycles. The summed E-state index contributed by atoms with van der Waals surface area (Å²) in [6.45, 7) is 0.396. The van der Waals surface area contributed by atoms with E-state index >= 15 is 0 Å². The summed E-state index contributed by atoms with van der Waals surface area (Å²) in [5, 5.41) is 6.69. The van der Waals surface area contributed by atoms with Crippen LogP contribution in [-0.2, 0) is 9.59 Å². The summed E-state index contributed by atoms with van der Waals surface area (Å²) in [5.74, 6) is -2.57. The number of halogens is 1. The number of nitrogens with zero attached hydrogens (tertiary/aromatic N) is 2. The van der Waals surface area contributed by atoms with E-state index < -0.39 is 23.3 Å². The normalized spacial score (nSPS) is 16.0. The van der Waals surface area contributed by atoms with Gasteiger partial charge in [0.2, 0.25) is 5.91 Å². The maximum atomic E-state index is 12.7. The highest BCUT2D eigenvalue weighted by Gasteiger charge is 2.37. The summed E-state index contributed by atoms with van der Waals surface area (Å²) in [6.07, 6.45) is 0.326. The van der Waals surface area contributed by atoms with Crippen molar-refractivity contribution >= 4 is 50.1 Å². The lowest BCUT2D eigenvalue weighted by molar-refractivity contribution is -0.132. The van der Waals surface area contributed by atoms with Gasteiger partial charge in [0.15, 0.2) is 5.69 Å². The second kappa shape index (κ2) is 8.07. The van der Waals surface area contributed by atoms with Crippen LogP contribution in [0.1, 0.15) is 16.9 Å². The Morgan fingerprint density at radius 1 is 1.07 bits per heavy atom. The van der Waals surface area contributed by atoms with Gasteiger partial charge < -0.3 is 4.90 Å². The highest BCUT2D eigenvalue weighted by Crippen LogP contribution is 2.27. The van der Waals surface area contributed by atoms with E-state index in [1.54, 1.807) is 36.4 Å². The number of fused-ring (bicyclic) bond motifs is 1. The minimum absolute atomic E-state index is 0.0426. The van der Waals surface area contributed by atoms with Crippen molar-refractivity contribution in [1.82, 2.24) is 21.0 Å². The minimum atomic E-state index is -0.912. The van der Waals surface area contributed by atoms with Crippen LogP contribution >= 0.6 is 15.9 Å². The zero-order chi connectivity index (χ0) is 21.3. The Morgan fingerprint density at radius 2 is 1.83 bits per heavy atom. The number of aromatic nitrogens is 2. The standard InChI is InChI=1S/C20H16BrN5O4/c21-11-4-3-5-12(10-11)26-9-8-15(20(26)30)18(28)24-25-19(29)16-13-6-1-2-7-14(13)17(27)23-22-16/h1-7,10,15H,8-9H2,(H,23,27)(H,24,28)(H,25,29). The fourth-order valence-electron chi connectivity index (χ4n) is 3.38. The molecule has 3 amide bonds. The molecular weight excluding hydrogens is 454 g/mol. The van der Waals surface area contributed by atoms with E-state index in [0.717, 1.165) is 4.47 Å². The van der Waals surface area contributed by atoms with Gasteiger partial charge >= 0.3 is 0 Å². The van der Waals surface area contributed by atoms with Crippen molar-refractivity contribution in [2.24, 2.45) is 5.92 Å². The fraction of sp³-hybridized carbons (Fsp3) is 0.150. The highest BCUT2D eigenvalue weighted by molar-refractivity contribution is 9.10. The van der Waals surface area contributed by atoms with Crippen molar-refractivity contribution < 1.29 is 14.4 Å². The van der Waals surface area contributed by atoms with Crippen LogP contribution in [0.15, 0.2) is 57.8 Å². The van der Waals surface area contributed by atoms with E-state index in [4.69, 9.17) is 0 Å². The van der Waals surface area contributed by atoms with Crippen LogP contribution in [0, 0.1) is 5.92 Å². The average Bonchev–Trinajstić information content (AvgIpc) is 3.13. The summed E-state index contributed by atoms with van der Waals surface area (Å²) in [4.78, 5) is 51.0. The first kappa shape index (κ1) is 19.8. The molecule has 1 fully saturated rings. The molecule has 0 spiro atoms. The number of amides is 3. The number of carbonyl (C=O) groups excluding carboxylic acids is 3. The Kier molecular flexibility index (Phi) is 5.32. The third kappa shape index (κ3) is 3.69. The molecule has 1 unspecified atom stereocenters. The van der Waals surface area contributed by atoms with Gasteiger partial charge in [0.05, 0.1) is 5.39 Å². The highest BCUT2D eigenvalue weighted by atomic mass is 79.9. The second-order valence-electron chi connectivity index (χ2n) is 6.70. The second-order valence-corrected chi connectivity index (χ2v) is 7.62. The Morgan fingerprint density at radius 3 is 2.60 bits per heavy atom. The predicted octanol–water partition coefficient (Wildman–Crippen LogP) is 1.50. The molecule has 0 saturated carbocycles. The van der Waals surface area contributed by atoms with Crippen molar-refractivity contribution in [2.45, 2.75) is 6.42 Å². The van der Waals surface area contributed by atoms with Crippen LogP contribution in [0.2, 0.25) is 0 Å². The number of hydrogen-bond acceptors (Lipinski definition) is 5. The smallest absolute Gasteiger partial charge is 0.290 e. The molecule has 0 bridgehead atoms. The molecule has 9 nitrogen and oxygen atoms in total. The van der Waals surface area contributed by atoms with Crippen molar-refractivity contribution in [2.75, 3.05) is 11.4 Å². The van der Waals surface area contributed by atoms with E-state index in [9.17, 15) is 19.2 Å². The van der Waals surface area contributed by atoms with Gasteiger partial charge in [-0.15, -0.1) is 0 Å². The van der Waals surface area contributed by atoms with Gasteiger partial charge in [-0.25, -0.2) is 5.10 Å². The molecule has 4 rings (SSSR count). The Labute approximate surface area is 178 Å². The monoisotopic (exact) mass is 469 g/mol. The third-order valence-corrected chi connectivity index (χ3v) is 5.35. The largest absolute Gasteiger partial charge is 0.312 e. The van der Waals surface area contributed by atoms with Crippen LogP contribution in [0.4, 0.5) is 5.69 Å². The van der Waals surface area contributed by atoms with Crippen molar-refractivity contribution in [3.8, 4) is 0 Å². The predicted molar refractivity (Wildman–Crippen MR) is 113 cm³/mol. The Hall–Kier alpha value is -3.53. The van der Waals surface area contributed by atoms with Crippen LogP contribution in [0.5, 0.6) is 0 Å². The van der Waals surface area contributed by atoms with Gasteiger partial charge in [-0.3, -0.25) is 30.0 Å². The number of benzene rings is 2. The summed E-state index contributed by atoms with van der Waals surface area (Å²) >= 11 is 3.36. The zero-order valence-corrected chi connectivity index (χ0v) is 17.1. The van der Waals surface area contributed by atoms with E-state index in [0.29, 0.717) is 29.4 Å². The average molecular weight is 470 g/mol. The molecule has 1 aromatic heterocycles. The molecule has 1 saturated heterocycles. The SMILES string of the molecule is O=C(NNC(=O)C1CCN(c2cccc(Br)c2)C1=O)c1n[nH]c(=O)c2ccccc12. The lowest BCUT2D eigenvalue weighted by Crippen LogP contribution is -2.46. The number of carbonyl (C=O) groups is 3. The summed E-state index contributed by atoms with van der Waals surface area (Å²) in [6, 6.07) is 13.7. The van der Waals surface area contributed by atoms with Crippen LogP contribution in [0.3, 0.4) is 0 Å². The van der Waals surface area contributed by atoms with Crippen molar-refractivity contribution in [3.05, 3.63) is 69.1 Å². The number of anilines is 1. The molecule has 152 valence electrons. The molecule has 2 heterocycles. The molecular formula is C20H16BrN5O4. The first-order chi connectivity index (χ1) is 14.5. The van der Waals surface area contributed by atoms with Gasteiger partial charge in [-0.2, -0.15) is 5.10 Å². The number of H-pyrrole nitrogens is 1. The number of aromatic amines is 1. The molecule has 10 heteroatoms. The topological polar surface area (TPSA) is 124 Å². The van der Waals surface area contributed by atoms with E-state index in [2.05, 4.69) is 37.0 Å². The van der Waals surface area contributed by atoms with E-state index in [-0.39, 0.29) is 11.6 Å². The quantitative estimate of drug-likeness (QED) is 0.396. The Bertz CT molecular complexity index is 1230. The summed E-state index contributed by atoms with van der Waals surface area (Å²) in [7, 11) is 0. The molecule has 1 aliphatic rings. The Balaban J connectivity index is 1.44. The first-order valence-electron chi connectivity index (χ1n) is 9.10. The molecule has 1 atom stereocenters. The molecule has 30 heavy (non-hydrogen) atoms. The maximum absolute atomic E-state index is 12.7. The number of hydrazine groups is 1. The van der Waals surface area contributed by atoms with E-state index in [1.165, 1.54) is 4.90 Å². The van der Waals surface area contributed by atoms with Crippen LogP contribution in [0.25, 0.3) is 10.8 Å². The number of nitrogens with one attached hydrogen (secondary N) is 3. The molecule has 2 aromatic carbocycles. The van der Waals surface area contributed by atoms with Crippen LogP contribution < -0.4 is 21.3 Å². The molecule has 1 aliphatic heterocycles. The van der Waals surface area contributed by atoms with Gasteiger partial charge in [0.1, 0.15) is 5.92 Å². The molecule has 3 aromatic rings. The van der Waals surface area contributed by atoms with Crippen molar-refractivity contribution in [1.29, 1.82) is 0 Å². The van der Waals surface area contributed by atoms with Gasteiger partial charge in [-0.1, -0.05) is 40.2 Å². The zero-order valence-electron chi connectivity index (χ0n) is 15.5. The summed E-state index contributed by atoms with van der Waals surface area (Å²) in [5.41, 5.74) is 4.79.